The second kappa shape index (κ2) is 6.23. The third-order valence-electron chi connectivity index (χ3n) is 2.91. The van der Waals surface area contributed by atoms with E-state index in [4.69, 9.17) is 4.74 Å². The topological polar surface area (TPSA) is 21.3 Å². The van der Waals surface area contributed by atoms with E-state index in [1.54, 1.807) is 0 Å². The molecule has 6 heteroatoms. The summed E-state index contributed by atoms with van der Waals surface area (Å²) in [5.74, 6) is -7.01. The Morgan fingerprint density at radius 3 is 2.11 bits per heavy atom. The Morgan fingerprint density at radius 2 is 1.63 bits per heavy atom. The van der Waals surface area contributed by atoms with E-state index in [-0.39, 0.29) is 18.2 Å². The van der Waals surface area contributed by atoms with Gasteiger partial charge in [-0.25, -0.2) is 8.78 Å². The first-order valence-corrected chi connectivity index (χ1v) is 5.99. The third kappa shape index (κ3) is 4.09. The third-order valence-corrected chi connectivity index (χ3v) is 2.91. The molecule has 0 fully saturated rings. The predicted octanol–water partition coefficient (Wildman–Crippen LogP) is 3.40. The molecular weight excluding hydrogens is 262 g/mol. The first-order valence-electron chi connectivity index (χ1n) is 5.99. The zero-order valence-electron chi connectivity index (χ0n) is 11.1. The molecule has 1 N–H and O–H groups in total. The molecule has 0 heterocycles. The van der Waals surface area contributed by atoms with Crippen molar-refractivity contribution in [1.29, 1.82) is 0 Å². The lowest BCUT2D eigenvalue weighted by Gasteiger charge is -2.24. The SMILES string of the molecule is CCC(C)(C)NCCOc1c(F)c(F)cc(F)c1F. The number of hydrogen-bond acceptors (Lipinski definition) is 2. The summed E-state index contributed by atoms with van der Waals surface area (Å²) in [7, 11) is 0. The zero-order valence-corrected chi connectivity index (χ0v) is 11.1. The summed E-state index contributed by atoms with van der Waals surface area (Å²) >= 11 is 0. The minimum Gasteiger partial charge on any atom is -0.486 e. The fourth-order valence-electron chi connectivity index (χ4n) is 1.35. The molecule has 0 aliphatic rings. The molecule has 0 aromatic heterocycles. The first kappa shape index (κ1) is 15.8. The molecule has 0 bridgehead atoms. The highest BCUT2D eigenvalue weighted by atomic mass is 19.2. The van der Waals surface area contributed by atoms with Crippen molar-refractivity contribution >= 4 is 0 Å². The summed E-state index contributed by atoms with van der Waals surface area (Å²) in [5.41, 5.74) is -0.145. The second-order valence-electron chi connectivity index (χ2n) is 4.81. The van der Waals surface area contributed by atoms with Gasteiger partial charge in [-0.05, 0) is 20.3 Å². The molecule has 2 nitrogen and oxygen atoms in total. The molecule has 0 amide bonds. The molecule has 0 saturated carbocycles. The van der Waals surface area contributed by atoms with Gasteiger partial charge >= 0.3 is 0 Å². The lowest BCUT2D eigenvalue weighted by atomic mass is 10.0. The Kier molecular flexibility index (Phi) is 5.17. The Morgan fingerprint density at radius 1 is 1.11 bits per heavy atom. The van der Waals surface area contributed by atoms with E-state index < -0.39 is 29.0 Å². The monoisotopic (exact) mass is 279 g/mol. The van der Waals surface area contributed by atoms with Crippen LogP contribution in [0.1, 0.15) is 27.2 Å². The molecule has 0 saturated heterocycles. The normalized spacial score (nSPS) is 11.7. The number of halogens is 4. The Hall–Kier alpha value is -1.30. The van der Waals surface area contributed by atoms with Crippen LogP contribution in [0.2, 0.25) is 0 Å². The fourth-order valence-corrected chi connectivity index (χ4v) is 1.35. The number of ether oxygens (including phenoxy) is 1. The van der Waals surface area contributed by atoms with Crippen molar-refractivity contribution in [3.63, 3.8) is 0 Å². The fraction of sp³-hybridized carbons (Fsp3) is 0.538. The van der Waals surface area contributed by atoms with Crippen molar-refractivity contribution in [2.75, 3.05) is 13.2 Å². The van der Waals surface area contributed by atoms with Crippen molar-refractivity contribution < 1.29 is 22.3 Å². The molecule has 0 aliphatic heterocycles. The molecule has 0 atom stereocenters. The highest BCUT2D eigenvalue weighted by Gasteiger charge is 2.20. The predicted molar refractivity (Wildman–Crippen MR) is 64.1 cm³/mol. The maximum Gasteiger partial charge on any atom is 0.203 e. The number of hydrogen-bond donors (Lipinski definition) is 1. The van der Waals surface area contributed by atoms with Gasteiger partial charge in [-0.15, -0.1) is 0 Å². The lowest BCUT2D eigenvalue weighted by molar-refractivity contribution is 0.252. The van der Waals surface area contributed by atoms with Crippen LogP contribution in [-0.4, -0.2) is 18.7 Å². The van der Waals surface area contributed by atoms with Crippen LogP contribution in [0.25, 0.3) is 0 Å². The molecule has 19 heavy (non-hydrogen) atoms. The summed E-state index contributed by atoms with van der Waals surface area (Å²) in [5, 5.41) is 3.09. The average molecular weight is 279 g/mol. The van der Waals surface area contributed by atoms with Gasteiger partial charge in [-0.1, -0.05) is 6.92 Å². The van der Waals surface area contributed by atoms with Gasteiger partial charge in [0.25, 0.3) is 0 Å². The van der Waals surface area contributed by atoms with Crippen molar-refractivity contribution in [2.45, 2.75) is 32.7 Å². The Labute approximate surface area is 109 Å². The van der Waals surface area contributed by atoms with E-state index in [2.05, 4.69) is 5.32 Å². The van der Waals surface area contributed by atoms with E-state index in [9.17, 15) is 17.6 Å². The van der Waals surface area contributed by atoms with Crippen LogP contribution in [0.5, 0.6) is 5.75 Å². The summed E-state index contributed by atoms with van der Waals surface area (Å²) in [6.07, 6.45) is 0.852. The molecule has 1 aromatic rings. The van der Waals surface area contributed by atoms with E-state index in [0.29, 0.717) is 6.54 Å². The lowest BCUT2D eigenvalue weighted by Crippen LogP contribution is -2.40. The summed E-state index contributed by atoms with van der Waals surface area (Å²) in [4.78, 5) is 0. The maximum absolute atomic E-state index is 13.2. The van der Waals surface area contributed by atoms with Crippen LogP contribution in [0.3, 0.4) is 0 Å². The molecule has 0 spiro atoms. The van der Waals surface area contributed by atoms with Gasteiger partial charge in [-0.3, -0.25) is 0 Å². The van der Waals surface area contributed by atoms with Gasteiger partial charge in [0.15, 0.2) is 17.4 Å². The van der Waals surface area contributed by atoms with Gasteiger partial charge in [0.05, 0.1) is 0 Å². The van der Waals surface area contributed by atoms with Gasteiger partial charge in [0.1, 0.15) is 6.61 Å². The van der Waals surface area contributed by atoms with Gasteiger partial charge in [-0.2, -0.15) is 8.78 Å². The molecule has 0 unspecified atom stereocenters. The first-order chi connectivity index (χ1) is 8.78. The zero-order chi connectivity index (χ0) is 14.6. The van der Waals surface area contributed by atoms with E-state index >= 15 is 0 Å². The highest BCUT2D eigenvalue weighted by Crippen LogP contribution is 2.26. The van der Waals surface area contributed by atoms with Crippen LogP contribution in [0.15, 0.2) is 6.07 Å². The molecule has 0 aliphatic carbocycles. The Balaban J connectivity index is 2.64. The molecule has 108 valence electrons. The summed E-state index contributed by atoms with van der Waals surface area (Å²) in [6, 6.07) is 0.149. The molecule has 1 aromatic carbocycles. The van der Waals surface area contributed by atoms with Gasteiger partial charge < -0.3 is 10.1 Å². The minimum absolute atomic E-state index is 0.0971. The quantitative estimate of drug-likeness (QED) is 0.489. The molecule has 1 rings (SSSR count). The van der Waals surface area contributed by atoms with Crippen molar-refractivity contribution in [3.8, 4) is 5.75 Å². The number of nitrogens with one attached hydrogen (secondary N) is 1. The second-order valence-corrected chi connectivity index (χ2v) is 4.81. The summed E-state index contributed by atoms with van der Waals surface area (Å²) in [6.45, 7) is 6.10. The van der Waals surface area contributed by atoms with Crippen LogP contribution < -0.4 is 10.1 Å². The van der Waals surface area contributed by atoms with Crippen molar-refractivity contribution in [2.24, 2.45) is 0 Å². The molecule has 0 radical (unpaired) electrons. The van der Waals surface area contributed by atoms with Crippen molar-refractivity contribution in [3.05, 3.63) is 29.3 Å². The van der Waals surface area contributed by atoms with Crippen LogP contribution in [-0.2, 0) is 0 Å². The smallest absolute Gasteiger partial charge is 0.203 e. The van der Waals surface area contributed by atoms with Crippen molar-refractivity contribution in [1.82, 2.24) is 5.32 Å². The van der Waals surface area contributed by atoms with Crippen LogP contribution in [0.4, 0.5) is 17.6 Å². The van der Waals surface area contributed by atoms with E-state index in [1.165, 1.54) is 0 Å². The highest BCUT2D eigenvalue weighted by molar-refractivity contribution is 5.28. The average Bonchev–Trinajstić information content (AvgIpc) is 2.35. The van der Waals surface area contributed by atoms with Gasteiger partial charge in [0.2, 0.25) is 11.6 Å². The minimum atomic E-state index is -1.52. The van der Waals surface area contributed by atoms with Crippen LogP contribution in [0, 0.1) is 23.3 Å². The van der Waals surface area contributed by atoms with E-state index in [0.717, 1.165) is 6.42 Å². The largest absolute Gasteiger partial charge is 0.486 e. The number of rotatable bonds is 6. The van der Waals surface area contributed by atoms with Crippen LogP contribution >= 0.6 is 0 Å². The van der Waals surface area contributed by atoms with Gasteiger partial charge in [0, 0.05) is 18.2 Å². The summed E-state index contributed by atoms with van der Waals surface area (Å²) < 4.78 is 57.1. The number of benzene rings is 1. The molecular formula is C13H17F4NO. The Bertz CT molecular complexity index is 423. The standard InChI is InChI=1S/C13H17F4NO/c1-4-13(2,3)18-5-6-19-12-10(16)8(14)7-9(15)11(12)17/h7,18H,4-6H2,1-3H3. The maximum atomic E-state index is 13.2. The van der Waals surface area contributed by atoms with E-state index in [1.807, 2.05) is 20.8 Å².